The first-order valence-electron chi connectivity index (χ1n) is 0.290. The van der Waals surface area contributed by atoms with Crippen molar-refractivity contribution >= 4 is 20.4 Å². The Kier molecular flexibility index (Phi) is 52.2. The third kappa shape index (κ3) is 9.42. The topological polar surface area (TPSA) is 0 Å². The molecule has 29 valence electrons. The first-order chi connectivity index (χ1) is 2.00. The Hall–Kier alpha value is 1.65. The van der Waals surface area contributed by atoms with Crippen LogP contribution in [0.25, 0.3) is 0 Å². The van der Waals surface area contributed by atoms with Gasteiger partial charge in [-0.2, -0.15) is 0 Å². The molecule has 0 fully saturated rings. The molecule has 0 aliphatic heterocycles. The van der Waals surface area contributed by atoms with E-state index >= 15 is 0 Å². The van der Waals surface area contributed by atoms with Crippen molar-refractivity contribution < 1.29 is 32.4 Å². The van der Waals surface area contributed by atoms with Gasteiger partial charge in [-0.05, 0) is 0 Å². The van der Waals surface area contributed by atoms with Gasteiger partial charge in [-0.3, -0.25) is 0 Å². The Morgan fingerprint density at radius 2 is 1.25 bits per heavy atom. The van der Waals surface area contributed by atoms with E-state index in [4.69, 9.17) is 0 Å². The second kappa shape index (κ2) is 22.8. The molecule has 0 saturated heterocycles. The molecule has 4 heteroatoms. The Morgan fingerprint density at radius 3 is 1.25 bits per heavy atom. The van der Waals surface area contributed by atoms with E-state index in [0.717, 1.165) is 0 Å². The van der Waals surface area contributed by atoms with E-state index < -0.39 is 0 Å². The standard InChI is InChI=1S/Cu.Mo.2S. The summed E-state index contributed by atoms with van der Waals surface area (Å²) >= 11 is 5.30. The molecule has 0 aromatic carbocycles. The summed E-state index contributed by atoms with van der Waals surface area (Å²) in [6.45, 7) is 0. The van der Waals surface area contributed by atoms with Crippen molar-refractivity contribution in [3.8, 4) is 0 Å². The van der Waals surface area contributed by atoms with Gasteiger partial charge >= 0.3 is 52.8 Å². The van der Waals surface area contributed by atoms with Crippen LogP contribution in [0.5, 0.6) is 0 Å². The van der Waals surface area contributed by atoms with Crippen LogP contribution in [0, 0.1) is 0 Å². The van der Waals surface area contributed by atoms with E-state index in [2.05, 4.69) is 34.8 Å². The fourth-order valence-electron chi connectivity index (χ4n) is 0. The minimum absolute atomic E-state index is 1.53. The van der Waals surface area contributed by atoms with Crippen molar-refractivity contribution in [2.75, 3.05) is 0 Å². The number of hydrogen-bond donors (Lipinski definition) is 0. The van der Waals surface area contributed by atoms with Crippen LogP contribution >= 0.6 is 20.4 Å². The van der Waals surface area contributed by atoms with Crippen molar-refractivity contribution in [2.24, 2.45) is 0 Å². The molecule has 0 radical (unpaired) electrons. The molecule has 0 heterocycles. The molecule has 0 spiro atoms. The van der Waals surface area contributed by atoms with E-state index in [-0.39, 0.29) is 0 Å². The molecule has 0 rings (SSSR count). The zero-order chi connectivity index (χ0) is 4.00. The van der Waals surface area contributed by atoms with Crippen LogP contribution < -0.4 is 0 Å². The molecular weight excluding hydrogens is 224 g/mol. The zero-order valence-electron chi connectivity index (χ0n) is 1.53. The monoisotopic (exact) mass is 225 g/mol. The SMILES string of the molecule is [S]=[Cu].[S]=[Mo]. The van der Waals surface area contributed by atoms with Crippen LogP contribution in [0.1, 0.15) is 0 Å². The maximum atomic E-state index is 4.09. The van der Waals surface area contributed by atoms with Gasteiger partial charge in [0.2, 0.25) is 0 Å². The van der Waals surface area contributed by atoms with Gasteiger partial charge in [-0.1, -0.05) is 0 Å². The van der Waals surface area contributed by atoms with Crippen LogP contribution in [0.2, 0.25) is 0 Å². The van der Waals surface area contributed by atoms with Crippen molar-refractivity contribution in [2.45, 2.75) is 0 Å². The summed E-state index contributed by atoms with van der Waals surface area (Å²) in [4.78, 5) is 0. The summed E-state index contributed by atoms with van der Waals surface area (Å²) in [7, 11) is 7.74. The summed E-state index contributed by atoms with van der Waals surface area (Å²) in [6, 6.07) is 0. The summed E-state index contributed by atoms with van der Waals surface area (Å²) in [6.07, 6.45) is 0. The fraction of sp³-hybridized carbons (Fsp3) is 0. The molecule has 0 bridgehead atoms. The second-order valence-electron chi connectivity index (χ2n) is 0. The molecule has 0 atom stereocenters. The molecule has 0 amide bonds. The van der Waals surface area contributed by atoms with E-state index in [1.54, 1.807) is 0 Å². The first-order valence-corrected chi connectivity index (χ1v) is 4.48. The zero-order valence-corrected chi connectivity index (χ0v) is 6.11. The Labute approximate surface area is 52.4 Å². The normalized spacial score (nSPS) is 2.50. The summed E-state index contributed by atoms with van der Waals surface area (Å²) in [5, 5.41) is 0. The van der Waals surface area contributed by atoms with Gasteiger partial charge in [0.05, 0.1) is 0 Å². The molecule has 0 aliphatic carbocycles. The summed E-state index contributed by atoms with van der Waals surface area (Å²) in [5.74, 6) is 0. The van der Waals surface area contributed by atoms with E-state index in [0.29, 0.717) is 0 Å². The van der Waals surface area contributed by atoms with Gasteiger partial charge in [-0.25, -0.2) is 0 Å². The fourth-order valence-corrected chi connectivity index (χ4v) is 0. The van der Waals surface area contributed by atoms with Gasteiger partial charge in [0.15, 0.2) is 0 Å². The molecule has 0 unspecified atom stereocenters. The van der Waals surface area contributed by atoms with E-state index in [1.807, 2.05) is 0 Å². The summed E-state index contributed by atoms with van der Waals surface area (Å²) < 4.78 is 0. The third-order valence-electron chi connectivity index (χ3n) is 0. The second-order valence-corrected chi connectivity index (χ2v) is 0. The molecule has 0 aromatic rings. The van der Waals surface area contributed by atoms with Crippen LogP contribution in [-0.2, 0) is 32.4 Å². The van der Waals surface area contributed by atoms with Gasteiger partial charge in [0.1, 0.15) is 0 Å². The Morgan fingerprint density at radius 1 is 1.25 bits per heavy atom. The van der Waals surface area contributed by atoms with Crippen LogP contribution in [0.15, 0.2) is 0 Å². The average molecular weight is 224 g/mol. The van der Waals surface area contributed by atoms with Crippen molar-refractivity contribution in [1.29, 1.82) is 0 Å². The van der Waals surface area contributed by atoms with Crippen LogP contribution in [0.3, 0.4) is 0 Å². The van der Waals surface area contributed by atoms with Crippen molar-refractivity contribution in [3.63, 3.8) is 0 Å². The van der Waals surface area contributed by atoms with Crippen LogP contribution in [0.4, 0.5) is 0 Å². The molecule has 0 N–H and O–H groups in total. The van der Waals surface area contributed by atoms with Crippen molar-refractivity contribution in [1.82, 2.24) is 0 Å². The predicted molar refractivity (Wildman–Crippen MR) is 15.2 cm³/mol. The Balaban J connectivity index is 0. The van der Waals surface area contributed by atoms with Gasteiger partial charge in [-0.15, -0.1) is 0 Å². The quantitative estimate of drug-likeness (QED) is 0.568. The van der Waals surface area contributed by atoms with Crippen molar-refractivity contribution in [3.05, 3.63) is 0 Å². The van der Waals surface area contributed by atoms with Crippen LogP contribution in [-0.4, -0.2) is 0 Å². The first kappa shape index (κ1) is 9.17. The molecule has 0 nitrogen and oxygen atoms in total. The number of hydrogen-bond acceptors (Lipinski definition) is 2. The number of rotatable bonds is 0. The van der Waals surface area contributed by atoms with E-state index in [1.165, 1.54) is 18.0 Å². The van der Waals surface area contributed by atoms with Gasteiger partial charge in [0, 0.05) is 0 Å². The average Bonchev–Trinajstić information content (AvgIpc) is 1.50. The predicted octanol–water partition coefficient (Wildman–Crippen LogP) is 1.29. The van der Waals surface area contributed by atoms with Gasteiger partial charge in [0.25, 0.3) is 0 Å². The molecule has 0 aromatic heterocycles. The minimum atomic E-state index is 1.53. The maximum absolute atomic E-state index is 4.09. The molecule has 0 saturated carbocycles. The summed E-state index contributed by atoms with van der Waals surface area (Å²) in [5.41, 5.74) is 0. The van der Waals surface area contributed by atoms with E-state index in [9.17, 15) is 0 Å². The Bertz CT molecular complexity index is 8.00. The molecule has 4 heavy (non-hydrogen) atoms. The third-order valence-corrected chi connectivity index (χ3v) is 0. The molecule has 0 aliphatic rings. The van der Waals surface area contributed by atoms with Gasteiger partial charge < -0.3 is 0 Å². The molecular formula is CuMoS2.